The van der Waals surface area contributed by atoms with Gasteiger partial charge < -0.3 is 15.4 Å². The lowest BCUT2D eigenvalue weighted by atomic mass is 10.3. The Hall–Kier alpha value is -3.01. The number of thiophene rings is 1. The Kier molecular flexibility index (Phi) is 5.56. The third kappa shape index (κ3) is 4.13. The highest BCUT2D eigenvalue weighted by atomic mass is 32.1. The summed E-state index contributed by atoms with van der Waals surface area (Å²) < 4.78 is 7.42. The van der Waals surface area contributed by atoms with Crippen LogP contribution in [0.3, 0.4) is 0 Å². The van der Waals surface area contributed by atoms with Gasteiger partial charge in [0.25, 0.3) is 0 Å². The van der Waals surface area contributed by atoms with Crippen LogP contribution in [0, 0.1) is 0 Å². The Morgan fingerprint density at radius 1 is 1.07 bits per heavy atom. The molecule has 9 heteroatoms. The van der Waals surface area contributed by atoms with Gasteiger partial charge in [0.15, 0.2) is 17.0 Å². The number of hydrogen-bond donors (Lipinski definition) is 2. The van der Waals surface area contributed by atoms with Gasteiger partial charge in [0.1, 0.15) is 6.33 Å². The van der Waals surface area contributed by atoms with E-state index in [1.54, 1.807) is 17.7 Å². The van der Waals surface area contributed by atoms with Gasteiger partial charge in [0.2, 0.25) is 5.95 Å². The number of aromatic nitrogens is 4. The molecule has 3 aromatic heterocycles. The Morgan fingerprint density at radius 3 is 2.73 bits per heavy atom. The molecule has 154 valence electrons. The maximum Gasteiger partial charge on any atom is 0.226 e. The molecule has 0 unspecified atom stereocenters. The summed E-state index contributed by atoms with van der Waals surface area (Å²) in [5.74, 6) is 1.28. The van der Waals surface area contributed by atoms with Gasteiger partial charge in [0.05, 0.1) is 18.9 Å². The van der Waals surface area contributed by atoms with Crippen LogP contribution in [0.1, 0.15) is 0 Å². The first-order valence-electron chi connectivity index (χ1n) is 10.0. The molecule has 0 amide bonds. The summed E-state index contributed by atoms with van der Waals surface area (Å²) in [5, 5.41) is 10.9. The van der Waals surface area contributed by atoms with E-state index in [2.05, 4.69) is 32.0 Å². The number of imidazole rings is 1. The largest absolute Gasteiger partial charge is 0.379 e. The summed E-state index contributed by atoms with van der Waals surface area (Å²) in [6, 6.07) is 12.1. The van der Waals surface area contributed by atoms with E-state index in [0.29, 0.717) is 11.8 Å². The first-order valence-corrected chi connectivity index (χ1v) is 10.9. The maximum atomic E-state index is 5.42. The van der Waals surface area contributed by atoms with Crippen molar-refractivity contribution >= 4 is 40.0 Å². The monoisotopic (exact) mass is 421 g/mol. The van der Waals surface area contributed by atoms with E-state index in [0.717, 1.165) is 61.9 Å². The molecule has 4 aromatic rings. The molecular weight excluding hydrogens is 398 g/mol. The molecule has 0 spiro atoms. The number of benzene rings is 1. The zero-order valence-corrected chi connectivity index (χ0v) is 17.3. The summed E-state index contributed by atoms with van der Waals surface area (Å²) in [5.41, 5.74) is 3.52. The van der Waals surface area contributed by atoms with E-state index in [1.807, 2.05) is 40.3 Å². The van der Waals surface area contributed by atoms with Crippen LogP contribution in [0.15, 0.2) is 53.5 Å². The summed E-state index contributed by atoms with van der Waals surface area (Å²) in [6.45, 7) is 5.22. The van der Waals surface area contributed by atoms with Gasteiger partial charge >= 0.3 is 0 Å². The van der Waals surface area contributed by atoms with Gasteiger partial charge in [-0.05, 0) is 23.6 Å². The SMILES string of the molecule is c1ccc(Nc2nc(NCCN3CCOCC3)nc3c2ncn3-c2ccsc2)cc1. The lowest BCUT2D eigenvalue weighted by Gasteiger charge is -2.26. The van der Waals surface area contributed by atoms with Crippen LogP contribution >= 0.6 is 11.3 Å². The Morgan fingerprint density at radius 2 is 1.93 bits per heavy atom. The summed E-state index contributed by atoms with van der Waals surface area (Å²) >= 11 is 1.65. The molecule has 0 bridgehead atoms. The predicted molar refractivity (Wildman–Crippen MR) is 120 cm³/mol. The molecule has 1 aliphatic rings. The average molecular weight is 422 g/mol. The van der Waals surface area contributed by atoms with Crippen molar-refractivity contribution in [1.29, 1.82) is 0 Å². The lowest BCUT2D eigenvalue weighted by molar-refractivity contribution is 0.0398. The fraction of sp³-hybridized carbons (Fsp3) is 0.286. The quantitative estimate of drug-likeness (QED) is 0.474. The van der Waals surface area contributed by atoms with Gasteiger partial charge in [-0.2, -0.15) is 21.3 Å². The molecule has 2 N–H and O–H groups in total. The van der Waals surface area contributed by atoms with Gasteiger partial charge in [-0.3, -0.25) is 9.47 Å². The van der Waals surface area contributed by atoms with Crippen molar-refractivity contribution in [2.75, 3.05) is 50.0 Å². The Bertz CT molecular complexity index is 1090. The van der Waals surface area contributed by atoms with Crippen LogP contribution in [-0.4, -0.2) is 63.8 Å². The number of hydrogen-bond acceptors (Lipinski definition) is 8. The third-order valence-electron chi connectivity index (χ3n) is 5.03. The first-order chi connectivity index (χ1) is 14.9. The van der Waals surface area contributed by atoms with E-state index in [-0.39, 0.29) is 0 Å². The third-order valence-corrected chi connectivity index (χ3v) is 5.70. The van der Waals surface area contributed by atoms with Gasteiger partial charge in [-0.25, -0.2) is 4.98 Å². The van der Waals surface area contributed by atoms with Crippen LogP contribution in [0.4, 0.5) is 17.5 Å². The van der Waals surface area contributed by atoms with Crippen molar-refractivity contribution in [2.45, 2.75) is 0 Å². The van der Waals surface area contributed by atoms with Crippen molar-refractivity contribution in [2.24, 2.45) is 0 Å². The second-order valence-electron chi connectivity index (χ2n) is 7.04. The van der Waals surface area contributed by atoms with E-state index >= 15 is 0 Å². The molecule has 5 rings (SSSR count). The molecule has 0 aliphatic carbocycles. The molecule has 1 aromatic carbocycles. The van der Waals surface area contributed by atoms with E-state index in [4.69, 9.17) is 14.7 Å². The van der Waals surface area contributed by atoms with Crippen molar-refractivity contribution in [3.63, 3.8) is 0 Å². The highest BCUT2D eigenvalue weighted by Crippen LogP contribution is 2.26. The van der Waals surface area contributed by atoms with Crippen molar-refractivity contribution < 1.29 is 4.74 Å². The minimum Gasteiger partial charge on any atom is -0.379 e. The lowest BCUT2D eigenvalue weighted by Crippen LogP contribution is -2.39. The van der Waals surface area contributed by atoms with Gasteiger partial charge in [0, 0.05) is 37.2 Å². The fourth-order valence-electron chi connectivity index (χ4n) is 3.46. The Balaban J connectivity index is 1.44. The van der Waals surface area contributed by atoms with Crippen LogP contribution in [0.2, 0.25) is 0 Å². The number of anilines is 3. The minimum absolute atomic E-state index is 0.589. The number of rotatable bonds is 7. The van der Waals surface area contributed by atoms with Crippen LogP contribution in [0.5, 0.6) is 0 Å². The normalized spacial score (nSPS) is 14.8. The molecular formula is C21H23N7OS. The number of ether oxygens (including phenoxy) is 1. The van der Waals surface area contributed by atoms with Crippen molar-refractivity contribution in [3.05, 3.63) is 53.5 Å². The fourth-order valence-corrected chi connectivity index (χ4v) is 4.09. The Labute approximate surface area is 178 Å². The van der Waals surface area contributed by atoms with E-state index in [9.17, 15) is 0 Å². The predicted octanol–water partition coefficient (Wildman–Crippen LogP) is 3.36. The van der Waals surface area contributed by atoms with Gasteiger partial charge in [-0.1, -0.05) is 18.2 Å². The molecule has 0 atom stereocenters. The minimum atomic E-state index is 0.589. The van der Waals surface area contributed by atoms with E-state index < -0.39 is 0 Å². The standard InChI is InChI=1S/C21H23N7OS/c1-2-4-16(5-3-1)24-19-18-20(28(15-23-18)17-6-13-30-14-17)26-21(25-19)22-7-8-27-9-11-29-12-10-27/h1-6,13-15H,7-12H2,(H2,22,24,25,26). The van der Waals surface area contributed by atoms with Crippen LogP contribution < -0.4 is 10.6 Å². The number of morpholine rings is 1. The smallest absolute Gasteiger partial charge is 0.226 e. The first kappa shape index (κ1) is 19.0. The summed E-state index contributed by atoms with van der Waals surface area (Å²) in [6.07, 6.45) is 1.80. The van der Waals surface area contributed by atoms with Crippen molar-refractivity contribution in [3.8, 4) is 5.69 Å². The molecule has 1 aliphatic heterocycles. The molecule has 4 heterocycles. The zero-order valence-electron chi connectivity index (χ0n) is 16.5. The van der Waals surface area contributed by atoms with Crippen molar-refractivity contribution in [1.82, 2.24) is 24.4 Å². The van der Waals surface area contributed by atoms with Crippen LogP contribution in [0.25, 0.3) is 16.9 Å². The summed E-state index contributed by atoms with van der Waals surface area (Å²) in [7, 11) is 0. The van der Waals surface area contributed by atoms with E-state index in [1.165, 1.54) is 0 Å². The maximum absolute atomic E-state index is 5.42. The average Bonchev–Trinajstić information content (AvgIpc) is 3.45. The summed E-state index contributed by atoms with van der Waals surface area (Å²) in [4.78, 5) is 16.5. The molecule has 0 radical (unpaired) electrons. The zero-order chi connectivity index (χ0) is 20.2. The van der Waals surface area contributed by atoms with Crippen LogP contribution in [-0.2, 0) is 4.74 Å². The molecule has 8 nitrogen and oxygen atoms in total. The number of nitrogens with zero attached hydrogens (tertiary/aromatic N) is 5. The molecule has 0 saturated carbocycles. The second-order valence-corrected chi connectivity index (χ2v) is 7.82. The number of para-hydroxylation sites is 1. The topological polar surface area (TPSA) is 80.1 Å². The number of fused-ring (bicyclic) bond motifs is 1. The van der Waals surface area contributed by atoms with Gasteiger partial charge in [-0.15, -0.1) is 0 Å². The molecule has 30 heavy (non-hydrogen) atoms. The number of nitrogens with one attached hydrogen (secondary N) is 2. The highest BCUT2D eigenvalue weighted by molar-refractivity contribution is 7.08. The highest BCUT2D eigenvalue weighted by Gasteiger charge is 2.15. The second kappa shape index (κ2) is 8.78. The molecule has 1 saturated heterocycles. The molecule has 1 fully saturated rings.